The minimum absolute atomic E-state index is 0.102. The molecule has 4 heteroatoms. The third-order valence-corrected chi connectivity index (χ3v) is 3.56. The maximum absolute atomic E-state index is 11.8. The van der Waals surface area contributed by atoms with Crippen LogP contribution in [0.15, 0.2) is 24.3 Å². The number of amides is 1. The Hall–Kier alpha value is -1.06. The Morgan fingerprint density at radius 1 is 1.32 bits per heavy atom. The zero-order chi connectivity index (χ0) is 13.8. The largest absolute Gasteiger partial charge is 0.352 e. The molecule has 0 aromatic heterocycles. The van der Waals surface area contributed by atoms with Gasteiger partial charge in [-0.3, -0.25) is 4.79 Å². The minimum atomic E-state index is -0.150. The van der Waals surface area contributed by atoms with E-state index in [9.17, 15) is 4.79 Å². The number of hydrogen-bond acceptors (Lipinski definition) is 2. The van der Waals surface area contributed by atoms with Gasteiger partial charge in [-0.05, 0) is 50.8 Å². The molecule has 0 saturated heterocycles. The van der Waals surface area contributed by atoms with Crippen LogP contribution in [0.4, 0.5) is 0 Å². The molecule has 1 fully saturated rings. The first-order valence-electron chi connectivity index (χ1n) is 6.85. The Balaban J connectivity index is 1.77. The van der Waals surface area contributed by atoms with Gasteiger partial charge in [-0.15, -0.1) is 0 Å². The summed E-state index contributed by atoms with van der Waals surface area (Å²) in [6.45, 7) is 4.01. The molecule has 0 bridgehead atoms. The summed E-state index contributed by atoms with van der Waals surface area (Å²) in [6, 6.07) is 8.36. The molecule has 0 aliphatic heterocycles. The summed E-state index contributed by atoms with van der Waals surface area (Å²) in [7, 11) is 0. The summed E-state index contributed by atoms with van der Waals surface area (Å²) in [5, 5.41) is 7.09. The van der Waals surface area contributed by atoms with Crippen molar-refractivity contribution in [3.8, 4) is 0 Å². The van der Waals surface area contributed by atoms with Crippen LogP contribution in [-0.4, -0.2) is 24.0 Å². The second kappa shape index (κ2) is 6.40. The van der Waals surface area contributed by atoms with E-state index in [0.29, 0.717) is 6.04 Å². The first-order valence-corrected chi connectivity index (χ1v) is 7.23. The number of nitrogens with one attached hydrogen (secondary N) is 2. The summed E-state index contributed by atoms with van der Waals surface area (Å²) in [6.07, 6.45) is 3.13. The molecule has 19 heavy (non-hydrogen) atoms. The Kier molecular flexibility index (Phi) is 4.83. The van der Waals surface area contributed by atoms with Gasteiger partial charge in [0.15, 0.2) is 0 Å². The summed E-state index contributed by atoms with van der Waals surface area (Å²) in [5.41, 5.74) is 1.22. The van der Waals surface area contributed by atoms with Crippen molar-refractivity contribution in [1.29, 1.82) is 0 Å². The van der Waals surface area contributed by atoms with Crippen LogP contribution in [0.2, 0.25) is 5.02 Å². The number of rotatable bonds is 6. The fraction of sp³-hybridized carbons (Fsp3) is 0.533. The Bertz CT molecular complexity index is 428. The predicted octanol–water partition coefficient (Wildman–Crippen LogP) is 2.53. The van der Waals surface area contributed by atoms with E-state index < -0.39 is 0 Å². The van der Waals surface area contributed by atoms with E-state index in [1.165, 1.54) is 5.56 Å². The first-order chi connectivity index (χ1) is 9.04. The van der Waals surface area contributed by atoms with Crippen molar-refractivity contribution in [2.45, 2.75) is 51.2 Å². The van der Waals surface area contributed by atoms with E-state index in [1.54, 1.807) is 0 Å². The van der Waals surface area contributed by atoms with Crippen LogP contribution in [0.5, 0.6) is 0 Å². The molecular weight excluding hydrogens is 260 g/mol. The van der Waals surface area contributed by atoms with Crippen LogP contribution >= 0.6 is 11.6 Å². The van der Waals surface area contributed by atoms with Crippen LogP contribution in [0.3, 0.4) is 0 Å². The molecule has 0 radical (unpaired) electrons. The van der Waals surface area contributed by atoms with Gasteiger partial charge in [0.25, 0.3) is 0 Å². The molecule has 1 aromatic rings. The van der Waals surface area contributed by atoms with E-state index in [0.717, 1.165) is 24.3 Å². The second-order valence-corrected chi connectivity index (χ2v) is 5.84. The number of halogens is 1. The molecular formula is C15H21ClN2O. The third-order valence-electron chi connectivity index (χ3n) is 3.31. The third kappa shape index (κ3) is 4.84. The van der Waals surface area contributed by atoms with E-state index in [-0.39, 0.29) is 18.0 Å². The van der Waals surface area contributed by atoms with E-state index in [2.05, 4.69) is 17.6 Å². The summed E-state index contributed by atoms with van der Waals surface area (Å²) < 4.78 is 0. The standard InChI is InChI=1S/C15H21ClN2O/c1-10(9-12-3-5-13(16)6-4-12)17-11(2)15(19)18-14-7-8-14/h3-6,10-11,14,17H,7-9H2,1-2H3,(H,18,19). The second-order valence-electron chi connectivity index (χ2n) is 5.40. The van der Waals surface area contributed by atoms with E-state index >= 15 is 0 Å². The van der Waals surface area contributed by atoms with Gasteiger partial charge >= 0.3 is 0 Å². The number of benzene rings is 1. The normalized spacial score (nSPS) is 17.8. The minimum Gasteiger partial charge on any atom is -0.352 e. The zero-order valence-corrected chi connectivity index (χ0v) is 12.2. The SMILES string of the molecule is CC(Cc1ccc(Cl)cc1)NC(C)C(=O)NC1CC1. The topological polar surface area (TPSA) is 41.1 Å². The van der Waals surface area contributed by atoms with Crippen molar-refractivity contribution in [1.82, 2.24) is 10.6 Å². The van der Waals surface area contributed by atoms with E-state index in [4.69, 9.17) is 11.6 Å². The van der Waals surface area contributed by atoms with Gasteiger partial charge in [-0.25, -0.2) is 0 Å². The van der Waals surface area contributed by atoms with Crippen molar-refractivity contribution in [2.75, 3.05) is 0 Å². The van der Waals surface area contributed by atoms with Gasteiger partial charge < -0.3 is 10.6 Å². The molecule has 104 valence electrons. The van der Waals surface area contributed by atoms with Crippen molar-refractivity contribution >= 4 is 17.5 Å². The van der Waals surface area contributed by atoms with Gasteiger partial charge in [0, 0.05) is 17.1 Å². The van der Waals surface area contributed by atoms with Crippen molar-refractivity contribution < 1.29 is 4.79 Å². The number of carbonyl (C=O) groups excluding carboxylic acids is 1. The Morgan fingerprint density at radius 2 is 1.95 bits per heavy atom. The summed E-state index contributed by atoms with van der Waals surface area (Å²) in [4.78, 5) is 11.8. The Morgan fingerprint density at radius 3 is 2.53 bits per heavy atom. The Labute approximate surface area is 119 Å². The molecule has 2 atom stereocenters. The molecule has 1 saturated carbocycles. The van der Waals surface area contributed by atoms with Crippen molar-refractivity contribution in [3.05, 3.63) is 34.9 Å². The molecule has 2 N–H and O–H groups in total. The fourth-order valence-corrected chi connectivity index (χ4v) is 2.22. The van der Waals surface area contributed by atoms with Crippen LogP contribution in [0, 0.1) is 0 Å². The van der Waals surface area contributed by atoms with Crippen LogP contribution in [0.25, 0.3) is 0 Å². The lowest BCUT2D eigenvalue weighted by Crippen LogP contribution is -2.46. The van der Waals surface area contributed by atoms with Gasteiger partial charge in [0.2, 0.25) is 5.91 Å². The summed E-state index contributed by atoms with van der Waals surface area (Å²) in [5.74, 6) is 0.102. The molecule has 2 rings (SSSR count). The maximum Gasteiger partial charge on any atom is 0.237 e. The lowest BCUT2D eigenvalue weighted by Gasteiger charge is -2.19. The molecule has 1 aromatic carbocycles. The molecule has 1 aliphatic rings. The predicted molar refractivity (Wildman–Crippen MR) is 78.4 cm³/mol. The average molecular weight is 281 g/mol. The smallest absolute Gasteiger partial charge is 0.237 e. The zero-order valence-electron chi connectivity index (χ0n) is 11.4. The van der Waals surface area contributed by atoms with Gasteiger partial charge in [0.1, 0.15) is 0 Å². The maximum atomic E-state index is 11.8. The highest BCUT2D eigenvalue weighted by molar-refractivity contribution is 6.30. The highest BCUT2D eigenvalue weighted by Gasteiger charge is 2.25. The lowest BCUT2D eigenvalue weighted by molar-refractivity contribution is -0.123. The van der Waals surface area contributed by atoms with Crippen LogP contribution in [0.1, 0.15) is 32.3 Å². The molecule has 1 aliphatic carbocycles. The van der Waals surface area contributed by atoms with Crippen molar-refractivity contribution in [2.24, 2.45) is 0 Å². The average Bonchev–Trinajstić information content (AvgIpc) is 3.16. The van der Waals surface area contributed by atoms with E-state index in [1.807, 2.05) is 31.2 Å². The first kappa shape index (κ1) is 14.4. The number of carbonyl (C=O) groups is 1. The quantitative estimate of drug-likeness (QED) is 0.841. The van der Waals surface area contributed by atoms with Crippen LogP contribution in [-0.2, 0) is 11.2 Å². The molecule has 2 unspecified atom stereocenters. The molecule has 0 spiro atoms. The highest BCUT2D eigenvalue weighted by atomic mass is 35.5. The monoisotopic (exact) mass is 280 g/mol. The van der Waals surface area contributed by atoms with Gasteiger partial charge in [-0.2, -0.15) is 0 Å². The summed E-state index contributed by atoms with van der Waals surface area (Å²) >= 11 is 5.86. The van der Waals surface area contributed by atoms with Gasteiger partial charge in [0.05, 0.1) is 6.04 Å². The fourth-order valence-electron chi connectivity index (χ4n) is 2.09. The highest BCUT2D eigenvalue weighted by Crippen LogP contribution is 2.18. The van der Waals surface area contributed by atoms with Crippen LogP contribution < -0.4 is 10.6 Å². The molecule has 3 nitrogen and oxygen atoms in total. The molecule has 1 amide bonds. The number of hydrogen-bond donors (Lipinski definition) is 2. The lowest BCUT2D eigenvalue weighted by atomic mass is 10.1. The van der Waals surface area contributed by atoms with Crippen molar-refractivity contribution in [3.63, 3.8) is 0 Å². The van der Waals surface area contributed by atoms with Gasteiger partial charge in [-0.1, -0.05) is 23.7 Å². The molecule has 0 heterocycles.